The number of amides is 2. The Morgan fingerprint density at radius 1 is 0.735 bits per heavy atom. The number of anilines is 2. The molecule has 3 aromatic rings. The van der Waals surface area contributed by atoms with Crippen LogP contribution in [0.2, 0.25) is 0 Å². The molecule has 2 amide bonds. The van der Waals surface area contributed by atoms with Crippen molar-refractivity contribution in [2.24, 2.45) is 0 Å². The van der Waals surface area contributed by atoms with Crippen molar-refractivity contribution in [3.63, 3.8) is 0 Å². The number of nitrogens with zero attached hydrogens (tertiary/aromatic N) is 1. The van der Waals surface area contributed by atoms with E-state index >= 15 is 0 Å². The molecule has 0 unspecified atom stereocenters. The molecule has 7 nitrogen and oxygen atoms in total. The van der Waals surface area contributed by atoms with Gasteiger partial charge in [0.05, 0.1) is 32.6 Å². The van der Waals surface area contributed by atoms with E-state index in [0.717, 1.165) is 18.2 Å². The van der Waals surface area contributed by atoms with Crippen molar-refractivity contribution in [3.8, 4) is 17.2 Å². The van der Waals surface area contributed by atoms with Crippen molar-refractivity contribution < 1.29 is 32.6 Å². The van der Waals surface area contributed by atoms with E-state index in [-0.39, 0.29) is 11.3 Å². The van der Waals surface area contributed by atoms with Crippen LogP contribution in [-0.4, -0.2) is 33.1 Å². The number of ether oxygens (including phenoxy) is 3. The van der Waals surface area contributed by atoms with Gasteiger partial charge in [-0.15, -0.1) is 0 Å². The Morgan fingerprint density at radius 2 is 1.35 bits per heavy atom. The van der Waals surface area contributed by atoms with Crippen molar-refractivity contribution in [1.29, 1.82) is 0 Å². The van der Waals surface area contributed by atoms with E-state index in [4.69, 9.17) is 14.2 Å². The van der Waals surface area contributed by atoms with Crippen LogP contribution in [0.3, 0.4) is 0 Å². The number of hydrogen-bond acceptors (Lipinski definition) is 6. The highest BCUT2D eigenvalue weighted by molar-refractivity contribution is 6.46. The summed E-state index contributed by atoms with van der Waals surface area (Å²) in [7, 11) is 4.44. The van der Waals surface area contributed by atoms with Gasteiger partial charge in [-0.25, -0.2) is 13.7 Å². The van der Waals surface area contributed by atoms with E-state index in [9.17, 15) is 18.4 Å². The molecule has 0 fully saturated rings. The fourth-order valence-corrected chi connectivity index (χ4v) is 3.57. The molecule has 0 aliphatic carbocycles. The first-order valence-corrected chi connectivity index (χ1v) is 10.1. The predicted molar refractivity (Wildman–Crippen MR) is 122 cm³/mol. The molecule has 0 aromatic heterocycles. The lowest BCUT2D eigenvalue weighted by atomic mass is 10.0. The fourth-order valence-electron chi connectivity index (χ4n) is 3.57. The summed E-state index contributed by atoms with van der Waals surface area (Å²) in [5, 5.41) is 2.94. The number of benzene rings is 3. The predicted octanol–water partition coefficient (Wildman–Crippen LogP) is 4.39. The van der Waals surface area contributed by atoms with Gasteiger partial charge >= 0.3 is 0 Å². The summed E-state index contributed by atoms with van der Waals surface area (Å²) in [6.07, 6.45) is 0. The van der Waals surface area contributed by atoms with Crippen LogP contribution in [0.5, 0.6) is 17.2 Å². The third-order valence-corrected chi connectivity index (χ3v) is 5.23. The van der Waals surface area contributed by atoms with E-state index < -0.39 is 29.1 Å². The zero-order chi connectivity index (χ0) is 24.4. The Labute approximate surface area is 194 Å². The van der Waals surface area contributed by atoms with Crippen molar-refractivity contribution in [1.82, 2.24) is 0 Å². The first-order valence-electron chi connectivity index (χ1n) is 10.1. The number of carbonyl (C=O) groups excluding carboxylic acids is 2. The fraction of sp³-hybridized carbons (Fsp3) is 0.120. The van der Waals surface area contributed by atoms with Gasteiger partial charge in [-0.3, -0.25) is 9.59 Å². The second-order valence-electron chi connectivity index (χ2n) is 7.25. The van der Waals surface area contributed by atoms with Crippen molar-refractivity contribution in [2.45, 2.75) is 0 Å². The number of carbonyl (C=O) groups is 2. The third kappa shape index (κ3) is 4.15. The maximum atomic E-state index is 14.5. The quantitative estimate of drug-likeness (QED) is 0.521. The number of rotatable bonds is 7. The molecular formula is C25H20F2N2O5. The molecule has 4 rings (SSSR count). The van der Waals surface area contributed by atoms with E-state index in [1.807, 2.05) is 0 Å². The van der Waals surface area contributed by atoms with Gasteiger partial charge in [0.2, 0.25) is 0 Å². The minimum absolute atomic E-state index is 0.0156. The molecule has 0 saturated heterocycles. The lowest BCUT2D eigenvalue weighted by Crippen LogP contribution is -2.33. The van der Waals surface area contributed by atoms with Gasteiger partial charge in [0, 0.05) is 30.0 Å². The monoisotopic (exact) mass is 466 g/mol. The molecule has 0 atom stereocenters. The van der Waals surface area contributed by atoms with Gasteiger partial charge in [0.1, 0.15) is 34.6 Å². The Morgan fingerprint density at radius 3 is 1.94 bits per heavy atom. The van der Waals surface area contributed by atoms with Gasteiger partial charge in [0.25, 0.3) is 11.8 Å². The lowest BCUT2D eigenvalue weighted by Gasteiger charge is -2.16. The highest BCUT2D eigenvalue weighted by Gasteiger charge is 2.41. The molecule has 34 heavy (non-hydrogen) atoms. The molecule has 0 bridgehead atoms. The van der Waals surface area contributed by atoms with Crippen LogP contribution in [0.4, 0.5) is 20.2 Å². The molecular weight excluding hydrogens is 446 g/mol. The average molecular weight is 466 g/mol. The maximum absolute atomic E-state index is 14.5. The summed E-state index contributed by atoms with van der Waals surface area (Å²) in [6, 6.07) is 13.8. The highest BCUT2D eigenvalue weighted by Crippen LogP contribution is 2.36. The van der Waals surface area contributed by atoms with Crippen molar-refractivity contribution in [3.05, 3.63) is 83.6 Å². The smallest absolute Gasteiger partial charge is 0.282 e. The Balaban J connectivity index is 1.85. The number of imide groups is 1. The number of methoxy groups -OCH3 is 3. The molecule has 1 aliphatic rings. The first-order chi connectivity index (χ1) is 16.4. The van der Waals surface area contributed by atoms with Crippen LogP contribution in [0.25, 0.3) is 5.57 Å². The summed E-state index contributed by atoms with van der Waals surface area (Å²) in [4.78, 5) is 27.4. The molecule has 1 heterocycles. The average Bonchev–Trinajstić information content (AvgIpc) is 3.09. The van der Waals surface area contributed by atoms with Crippen LogP contribution >= 0.6 is 0 Å². The second kappa shape index (κ2) is 9.22. The molecule has 0 radical (unpaired) electrons. The van der Waals surface area contributed by atoms with Gasteiger partial charge in [0.15, 0.2) is 0 Å². The Hall–Kier alpha value is -4.40. The molecule has 0 saturated carbocycles. The zero-order valence-electron chi connectivity index (χ0n) is 18.5. The minimum atomic E-state index is -0.915. The van der Waals surface area contributed by atoms with Crippen molar-refractivity contribution >= 4 is 28.8 Å². The number of hydrogen-bond donors (Lipinski definition) is 1. The van der Waals surface area contributed by atoms with Crippen LogP contribution < -0.4 is 24.4 Å². The van der Waals surface area contributed by atoms with E-state index in [2.05, 4.69) is 5.32 Å². The molecule has 1 N–H and O–H groups in total. The van der Waals surface area contributed by atoms with Crippen LogP contribution in [0, 0.1) is 11.6 Å². The number of halogens is 2. The van der Waals surface area contributed by atoms with Gasteiger partial charge in [-0.2, -0.15) is 0 Å². The second-order valence-corrected chi connectivity index (χ2v) is 7.25. The van der Waals surface area contributed by atoms with Crippen LogP contribution in [0.1, 0.15) is 5.56 Å². The van der Waals surface area contributed by atoms with E-state index in [1.54, 1.807) is 42.5 Å². The molecule has 174 valence electrons. The standard InChI is InChI=1S/C25H20F2N2O5/c1-32-17-7-4-14(5-8-17)22-23(28-16-11-18(33-2)13-19(12-16)34-3)25(31)29(24(22)30)21-10-15(26)6-9-20(21)27/h4-13,28H,1-3H3. The SMILES string of the molecule is COc1ccc(C2=C(Nc3cc(OC)cc(OC)c3)C(=O)N(c3cc(F)ccc3F)C2=O)cc1. The summed E-state index contributed by atoms with van der Waals surface area (Å²) < 4.78 is 44.1. The summed E-state index contributed by atoms with van der Waals surface area (Å²) in [5.74, 6) is -1.93. The molecule has 9 heteroatoms. The third-order valence-electron chi connectivity index (χ3n) is 5.23. The normalized spacial score (nSPS) is 13.4. The highest BCUT2D eigenvalue weighted by atomic mass is 19.1. The lowest BCUT2D eigenvalue weighted by molar-refractivity contribution is -0.120. The number of nitrogens with one attached hydrogen (secondary N) is 1. The molecule has 1 aliphatic heterocycles. The minimum Gasteiger partial charge on any atom is -0.497 e. The van der Waals surface area contributed by atoms with E-state index in [1.165, 1.54) is 21.3 Å². The van der Waals surface area contributed by atoms with Crippen LogP contribution in [0.15, 0.2) is 66.4 Å². The Kier molecular flexibility index (Phi) is 6.18. The molecule has 3 aromatic carbocycles. The van der Waals surface area contributed by atoms with Crippen molar-refractivity contribution in [2.75, 3.05) is 31.5 Å². The largest absolute Gasteiger partial charge is 0.497 e. The Bertz CT molecular complexity index is 1280. The summed E-state index contributed by atoms with van der Waals surface area (Å²) in [5.41, 5.74) is 0.156. The van der Waals surface area contributed by atoms with Crippen LogP contribution in [-0.2, 0) is 9.59 Å². The van der Waals surface area contributed by atoms with Gasteiger partial charge in [-0.05, 0) is 29.8 Å². The summed E-state index contributed by atoms with van der Waals surface area (Å²) in [6.45, 7) is 0. The summed E-state index contributed by atoms with van der Waals surface area (Å²) >= 11 is 0. The van der Waals surface area contributed by atoms with E-state index in [0.29, 0.717) is 33.4 Å². The van der Waals surface area contributed by atoms with Gasteiger partial charge in [-0.1, -0.05) is 12.1 Å². The first kappa shape index (κ1) is 22.8. The zero-order valence-corrected chi connectivity index (χ0v) is 18.5. The maximum Gasteiger partial charge on any atom is 0.282 e. The van der Waals surface area contributed by atoms with Gasteiger partial charge < -0.3 is 19.5 Å². The topological polar surface area (TPSA) is 77.1 Å². The molecule has 0 spiro atoms.